The minimum atomic E-state index is -0.0900. The summed E-state index contributed by atoms with van der Waals surface area (Å²) in [4.78, 5) is 17.7. The number of aryl methyl sites for hydroxylation is 2. The number of aromatic amines is 1. The number of H-pyrrole nitrogens is 1. The van der Waals surface area contributed by atoms with Gasteiger partial charge in [-0.1, -0.05) is 67.9 Å². The number of nitrogens with zero attached hydrogens (tertiary/aromatic N) is 2. The number of aromatic nitrogens is 3. The number of hydrogen-bond donors (Lipinski definition) is 1. The van der Waals surface area contributed by atoms with E-state index in [0.717, 1.165) is 40.8 Å². The maximum absolute atomic E-state index is 12.8. The van der Waals surface area contributed by atoms with Crippen LogP contribution in [0.25, 0.3) is 28.0 Å². The smallest absolute Gasteiger partial charge is 0.273 e. The molecule has 0 atom stereocenters. The van der Waals surface area contributed by atoms with Crippen molar-refractivity contribution in [3.05, 3.63) is 82.3 Å². The van der Waals surface area contributed by atoms with Gasteiger partial charge in [0.1, 0.15) is 0 Å². The van der Waals surface area contributed by atoms with Crippen LogP contribution in [-0.2, 0) is 6.42 Å². The van der Waals surface area contributed by atoms with Crippen LogP contribution >= 0.6 is 0 Å². The molecule has 0 aliphatic heterocycles. The zero-order valence-corrected chi connectivity index (χ0v) is 15.0. The Balaban J connectivity index is 2.04. The van der Waals surface area contributed by atoms with Crippen molar-refractivity contribution in [2.75, 3.05) is 0 Å². The summed E-state index contributed by atoms with van der Waals surface area (Å²) < 4.78 is 1.56. The topological polar surface area (TPSA) is 50.2 Å². The molecule has 1 N–H and O–H groups in total. The van der Waals surface area contributed by atoms with E-state index in [1.807, 2.05) is 49.4 Å². The third kappa shape index (κ3) is 2.73. The average molecular weight is 343 g/mol. The van der Waals surface area contributed by atoms with Crippen LogP contribution in [0.4, 0.5) is 0 Å². The molecule has 0 unspecified atom stereocenters. The summed E-state index contributed by atoms with van der Waals surface area (Å²) in [6.07, 6.45) is 1.86. The molecule has 0 fully saturated rings. The van der Waals surface area contributed by atoms with E-state index >= 15 is 0 Å². The van der Waals surface area contributed by atoms with Crippen molar-refractivity contribution in [3.8, 4) is 22.4 Å². The van der Waals surface area contributed by atoms with Crippen molar-refractivity contribution in [2.45, 2.75) is 26.7 Å². The van der Waals surface area contributed by atoms with E-state index in [2.05, 4.69) is 24.2 Å². The van der Waals surface area contributed by atoms with Gasteiger partial charge in [0.05, 0.1) is 5.69 Å². The number of fused-ring (bicyclic) bond motifs is 1. The van der Waals surface area contributed by atoms with Crippen LogP contribution in [0.15, 0.2) is 65.5 Å². The molecule has 0 spiro atoms. The molecule has 26 heavy (non-hydrogen) atoms. The summed E-state index contributed by atoms with van der Waals surface area (Å²) >= 11 is 0. The Labute approximate surface area is 152 Å². The van der Waals surface area contributed by atoms with E-state index in [1.165, 1.54) is 0 Å². The van der Waals surface area contributed by atoms with Crippen LogP contribution in [0.1, 0.15) is 24.6 Å². The average Bonchev–Trinajstić information content (AvgIpc) is 3.02. The van der Waals surface area contributed by atoms with Gasteiger partial charge in [-0.15, -0.1) is 0 Å². The molecule has 4 nitrogen and oxygen atoms in total. The molecule has 2 aromatic heterocycles. The molecule has 130 valence electrons. The van der Waals surface area contributed by atoms with Crippen molar-refractivity contribution >= 4 is 5.65 Å². The van der Waals surface area contributed by atoms with Gasteiger partial charge < -0.3 is 0 Å². The fourth-order valence-electron chi connectivity index (χ4n) is 3.42. The third-order valence-corrected chi connectivity index (χ3v) is 4.67. The highest BCUT2D eigenvalue weighted by Gasteiger charge is 2.17. The van der Waals surface area contributed by atoms with E-state index in [4.69, 9.17) is 4.98 Å². The van der Waals surface area contributed by atoms with Gasteiger partial charge in [0, 0.05) is 22.9 Å². The first-order valence-electron chi connectivity index (χ1n) is 8.95. The van der Waals surface area contributed by atoms with Gasteiger partial charge in [-0.25, -0.2) is 9.50 Å². The Morgan fingerprint density at radius 1 is 1.04 bits per heavy atom. The molecule has 0 radical (unpaired) electrons. The van der Waals surface area contributed by atoms with Crippen LogP contribution in [0.2, 0.25) is 0 Å². The lowest BCUT2D eigenvalue weighted by Crippen LogP contribution is -2.14. The van der Waals surface area contributed by atoms with E-state index in [1.54, 1.807) is 10.6 Å². The van der Waals surface area contributed by atoms with Crippen LogP contribution in [0.5, 0.6) is 0 Å². The Morgan fingerprint density at radius 3 is 2.50 bits per heavy atom. The lowest BCUT2D eigenvalue weighted by molar-refractivity contribution is 0.819. The fourth-order valence-corrected chi connectivity index (χ4v) is 3.42. The number of nitrogens with one attached hydrogen (secondary N) is 1. The maximum atomic E-state index is 12.8. The quantitative estimate of drug-likeness (QED) is 0.588. The zero-order valence-electron chi connectivity index (χ0n) is 15.0. The van der Waals surface area contributed by atoms with E-state index in [9.17, 15) is 4.79 Å². The Bertz CT molecular complexity index is 1120. The lowest BCUT2D eigenvalue weighted by Gasteiger charge is -2.06. The summed E-state index contributed by atoms with van der Waals surface area (Å²) in [5.41, 5.74) is 6.54. The number of hydrogen-bond acceptors (Lipinski definition) is 2. The van der Waals surface area contributed by atoms with Gasteiger partial charge in [-0.2, -0.15) is 0 Å². The molecule has 4 aromatic rings. The highest BCUT2D eigenvalue weighted by atomic mass is 16.1. The SMILES string of the molecule is CCCc1[nH]n2c(=O)cc(-c3ccccc3C)nc2c1-c1ccccc1. The van der Waals surface area contributed by atoms with Crippen molar-refractivity contribution in [1.82, 2.24) is 14.6 Å². The van der Waals surface area contributed by atoms with E-state index in [-0.39, 0.29) is 5.56 Å². The first kappa shape index (κ1) is 16.3. The molecular formula is C22H21N3O. The lowest BCUT2D eigenvalue weighted by atomic mass is 10.0. The summed E-state index contributed by atoms with van der Waals surface area (Å²) in [6.45, 7) is 4.17. The van der Waals surface area contributed by atoms with Crippen molar-refractivity contribution in [3.63, 3.8) is 0 Å². The van der Waals surface area contributed by atoms with Crippen LogP contribution in [-0.4, -0.2) is 14.6 Å². The van der Waals surface area contributed by atoms with Crippen molar-refractivity contribution in [2.24, 2.45) is 0 Å². The van der Waals surface area contributed by atoms with Crippen molar-refractivity contribution < 1.29 is 0 Å². The summed E-state index contributed by atoms with van der Waals surface area (Å²) in [7, 11) is 0. The minimum absolute atomic E-state index is 0.0900. The number of benzene rings is 2. The van der Waals surface area contributed by atoms with Crippen LogP contribution in [0.3, 0.4) is 0 Å². The molecule has 2 heterocycles. The van der Waals surface area contributed by atoms with Gasteiger partial charge in [-0.3, -0.25) is 9.89 Å². The normalized spacial score (nSPS) is 11.2. The summed E-state index contributed by atoms with van der Waals surface area (Å²) in [5, 5.41) is 3.27. The van der Waals surface area contributed by atoms with Gasteiger partial charge >= 0.3 is 0 Å². The van der Waals surface area contributed by atoms with E-state index < -0.39 is 0 Å². The molecule has 2 aromatic carbocycles. The van der Waals surface area contributed by atoms with Gasteiger partial charge in [0.2, 0.25) is 0 Å². The molecule has 0 amide bonds. The van der Waals surface area contributed by atoms with Gasteiger partial charge in [-0.05, 0) is 24.5 Å². The predicted molar refractivity (Wildman–Crippen MR) is 105 cm³/mol. The monoisotopic (exact) mass is 343 g/mol. The molecule has 4 heteroatoms. The Hall–Kier alpha value is -3.14. The first-order chi connectivity index (χ1) is 12.7. The molecular weight excluding hydrogens is 322 g/mol. The second-order valence-corrected chi connectivity index (χ2v) is 6.53. The molecule has 0 bridgehead atoms. The molecule has 0 saturated carbocycles. The Morgan fingerprint density at radius 2 is 1.77 bits per heavy atom. The standard InChI is InChI=1S/C22H21N3O/c1-3-9-18-21(16-11-5-4-6-12-16)22-23-19(14-20(26)25(22)24-18)17-13-8-7-10-15(17)2/h4-8,10-14,24H,3,9H2,1-2H3. The number of rotatable bonds is 4. The Kier molecular flexibility index (Phi) is 4.17. The second kappa shape index (κ2) is 6.64. The largest absolute Gasteiger partial charge is 0.293 e. The predicted octanol–water partition coefficient (Wildman–Crippen LogP) is 4.62. The van der Waals surface area contributed by atoms with Crippen LogP contribution in [0, 0.1) is 6.92 Å². The van der Waals surface area contributed by atoms with Gasteiger partial charge in [0.25, 0.3) is 5.56 Å². The van der Waals surface area contributed by atoms with Crippen molar-refractivity contribution in [1.29, 1.82) is 0 Å². The first-order valence-corrected chi connectivity index (χ1v) is 8.95. The summed E-state index contributed by atoms with van der Waals surface area (Å²) in [6, 6.07) is 19.8. The highest BCUT2D eigenvalue weighted by molar-refractivity contribution is 5.81. The molecule has 0 aliphatic carbocycles. The maximum Gasteiger partial charge on any atom is 0.273 e. The highest BCUT2D eigenvalue weighted by Crippen LogP contribution is 2.29. The third-order valence-electron chi connectivity index (χ3n) is 4.67. The molecule has 4 rings (SSSR count). The van der Waals surface area contributed by atoms with E-state index in [0.29, 0.717) is 11.3 Å². The second-order valence-electron chi connectivity index (χ2n) is 6.53. The fraction of sp³-hybridized carbons (Fsp3) is 0.182. The molecule has 0 aliphatic rings. The summed E-state index contributed by atoms with van der Waals surface area (Å²) in [5.74, 6) is 0. The zero-order chi connectivity index (χ0) is 18.1. The molecule has 0 saturated heterocycles. The van der Waals surface area contributed by atoms with Crippen LogP contribution < -0.4 is 5.56 Å². The van der Waals surface area contributed by atoms with Gasteiger partial charge in [0.15, 0.2) is 5.65 Å². The minimum Gasteiger partial charge on any atom is -0.293 e.